The average molecular weight is 781 g/mol. The van der Waals surface area contributed by atoms with Crippen LogP contribution in [0.2, 0.25) is 0 Å². The van der Waals surface area contributed by atoms with E-state index in [1.54, 1.807) is 0 Å². The smallest absolute Gasteiger partial charge is 0.0538 e. The molecule has 0 saturated carbocycles. The van der Waals surface area contributed by atoms with Crippen LogP contribution in [0.3, 0.4) is 0 Å². The lowest BCUT2D eigenvalue weighted by Gasteiger charge is -2.31. The van der Waals surface area contributed by atoms with Gasteiger partial charge in [-0.3, -0.25) is 0 Å². The van der Waals surface area contributed by atoms with Gasteiger partial charge in [0.2, 0.25) is 0 Å². The molecule has 10 aromatic rings. The van der Waals surface area contributed by atoms with E-state index >= 15 is 0 Å². The van der Waals surface area contributed by atoms with Crippen LogP contribution in [0.1, 0.15) is 41.1 Å². The molecule has 0 spiro atoms. The lowest BCUT2D eigenvalue weighted by atomic mass is 9.75. The van der Waals surface area contributed by atoms with Crippen LogP contribution in [0.15, 0.2) is 237 Å². The number of fused-ring (bicyclic) bond motifs is 4. The van der Waals surface area contributed by atoms with Crippen molar-refractivity contribution in [3.8, 4) is 27.9 Å². The first-order chi connectivity index (χ1) is 30.2. The minimum atomic E-state index is 0.184. The van der Waals surface area contributed by atoms with Gasteiger partial charge < -0.3 is 9.47 Å². The van der Waals surface area contributed by atoms with Crippen molar-refractivity contribution in [2.45, 2.75) is 18.8 Å². The van der Waals surface area contributed by atoms with Crippen molar-refractivity contribution in [3.05, 3.63) is 259 Å². The average Bonchev–Trinajstić information content (AvgIpc) is 3.69. The summed E-state index contributed by atoms with van der Waals surface area (Å²) in [6, 6.07) is 84.0. The van der Waals surface area contributed by atoms with Crippen molar-refractivity contribution in [3.63, 3.8) is 0 Å². The molecule has 11 rings (SSSR count). The summed E-state index contributed by atoms with van der Waals surface area (Å²) in [5.74, 6) is 0.418. The van der Waals surface area contributed by atoms with Gasteiger partial charge in [-0.05, 0) is 110 Å². The molecule has 0 saturated heterocycles. The van der Waals surface area contributed by atoms with Crippen LogP contribution in [-0.4, -0.2) is 4.57 Å². The predicted octanol–water partition coefficient (Wildman–Crippen LogP) is 15.9. The molecule has 290 valence electrons. The van der Waals surface area contributed by atoms with Crippen LogP contribution in [0.4, 0.5) is 17.1 Å². The summed E-state index contributed by atoms with van der Waals surface area (Å²) in [5, 5.41) is 3.77. The van der Waals surface area contributed by atoms with Gasteiger partial charge in [0.25, 0.3) is 0 Å². The topological polar surface area (TPSA) is 8.17 Å². The van der Waals surface area contributed by atoms with E-state index in [2.05, 4.69) is 253 Å². The second kappa shape index (κ2) is 15.5. The van der Waals surface area contributed by atoms with E-state index in [9.17, 15) is 0 Å². The van der Waals surface area contributed by atoms with Gasteiger partial charge in [-0.1, -0.05) is 183 Å². The van der Waals surface area contributed by atoms with Crippen LogP contribution >= 0.6 is 0 Å². The third-order valence-electron chi connectivity index (χ3n) is 12.6. The van der Waals surface area contributed by atoms with E-state index in [0.29, 0.717) is 0 Å². The molecule has 1 aliphatic rings. The van der Waals surface area contributed by atoms with Crippen LogP contribution in [0.5, 0.6) is 0 Å². The highest BCUT2D eigenvalue weighted by Crippen LogP contribution is 2.50. The molecule has 0 amide bonds. The normalized spacial score (nSPS) is 14.7. The minimum absolute atomic E-state index is 0.184. The van der Waals surface area contributed by atoms with E-state index in [4.69, 9.17) is 0 Å². The first kappa shape index (κ1) is 36.4. The monoisotopic (exact) mass is 780 g/mol. The summed E-state index contributed by atoms with van der Waals surface area (Å²) in [4.78, 5) is 2.40. The molecule has 2 heteroatoms. The Kier molecular flexibility index (Phi) is 9.24. The van der Waals surface area contributed by atoms with Crippen molar-refractivity contribution in [2.24, 2.45) is 0 Å². The molecule has 0 bridgehead atoms. The quantitative estimate of drug-likeness (QED) is 0.149. The zero-order chi connectivity index (χ0) is 40.7. The van der Waals surface area contributed by atoms with Gasteiger partial charge in [-0.2, -0.15) is 0 Å². The number of para-hydroxylation sites is 2. The van der Waals surface area contributed by atoms with E-state index in [-0.39, 0.29) is 11.8 Å². The number of hydrogen-bond donors (Lipinski definition) is 0. The Morgan fingerprint density at radius 2 is 0.967 bits per heavy atom. The summed E-state index contributed by atoms with van der Waals surface area (Å²) in [6.07, 6.45) is 2.54. The molecule has 1 heterocycles. The fourth-order valence-electron chi connectivity index (χ4n) is 9.57. The Labute approximate surface area is 358 Å². The minimum Gasteiger partial charge on any atom is -0.313 e. The lowest BCUT2D eigenvalue weighted by molar-refractivity contribution is 0.637. The van der Waals surface area contributed by atoms with Crippen molar-refractivity contribution in [1.82, 2.24) is 4.57 Å². The maximum absolute atomic E-state index is 2.54. The molecule has 2 nitrogen and oxygen atoms in total. The van der Waals surface area contributed by atoms with Crippen LogP contribution < -0.4 is 4.90 Å². The standard InChI is InChI=1S/C59H44N2/c1-41-55(46-19-7-3-8-20-46)40-56(58-54-26-13-14-27-57(54)61(59(41)58)50-23-9-4-10-24-50)49-22-15-25-53(39-49)60(51-34-30-44(31-35-51)42-16-5-2-6-17-42)52-36-32-45(33-37-52)48-29-28-43-18-11-12-21-47(43)38-48/h2-41,55H,1H3. The van der Waals surface area contributed by atoms with Gasteiger partial charge in [-0.15, -0.1) is 0 Å². The highest BCUT2D eigenvalue weighted by Gasteiger charge is 2.34. The highest BCUT2D eigenvalue weighted by molar-refractivity contribution is 6.02. The van der Waals surface area contributed by atoms with E-state index in [1.807, 2.05) is 0 Å². The van der Waals surface area contributed by atoms with Gasteiger partial charge in [0, 0.05) is 51.2 Å². The van der Waals surface area contributed by atoms with Gasteiger partial charge in [0.15, 0.2) is 0 Å². The van der Waals surface area contributed by atoms with Gasteiger partial charge in [0.05, 0.1) is 5.52 Å². The third-order valence-corrected chi connectivity index (χ3v) is 12.6. The van der Waals surface area contributed by atoms with Crippen LogP contribution in [0, 0.1) is 0 Å². The summed E-state index contributed by atoms with van der Waals surface area (Å²) in [6.45, 7) is 2.40. The van der Waals surface area contributed by atoms with Crippen molar-refractivity contribution >= 4 is 44.3 Å². The Bertz CT molecular complexity index is 3180. The Balaban J connectivity index is 1.07. The third kappa shape index (κ3) is 6.63. The number of nitrogens with zero attached hydrogens (tertiary/aromatic N) is 2. The van der Waals surface area contributed by atoms with Crippen LogP contribution in [0.25, 0.3) is 55.2 Å². The molecule has 2 atom stereocenters. The Morgan fingerprint density at radius 3 is 1.69 bits per heavy atom. The second-order valence-electron chi connectivity index (χ2n) is 16.2. The maximum Gasteiger partial charge on any atom is 0.0538 e. The van der Waals surface area contributed by atoms with Crippen molar-refractivity contribution in [2.75, 3.05) is 4.90 Å². The second-order valence-corrected chi connectivity index (χ2v) is 16.2. The summed E-state index contributed by atoms with van der Waals surface area (Å²) >= 11 is 0. The molecular formula is C59H44N2. The Morgan fingerprint density at radius 1 is 0.410 bits per heavy atom. The van der Waals surface area contributed by atoms with Crippen LogP contribution in [-0.2, 0) is 0 Å². The SMILES string of the molecule is CC1c2c(c3ccccc3n2-c2ccccc2)C(c2cccc(N(c3ccc(-c4ccccc4)cc3)c3ccc(-c4ccc5ccccc5c4)cc3)c2)=CC1c1ccccc1. The number of benzene rings is 9. The number of aromatic nitrogens is 1. The van der Waals surface area contributed by atoms with E-state index in [0.717, 1.165) is 17.1 Å². The Hall–Kier alpha value is -7.68. The lowest BCUT2D eigenvalue weighted by Crippen LogP contribution is -2.17. The molecule has 61 heavy (non-hydrogen) atoms. The number of allylic oxidation sites excluding steroid dienone is 1. The van der Waals surface area contributed by atoms with Gasteiger partial charge >= 0.3 is 0 Å². The highest BCUT2D eigenvalue weighted by atomic mass is 15.1. The molecule has 1 aliphatic carbocycles. The van der Waals surface area contributed by atoms with E-state index < -0.39 is 0 Å². The number of rotatable bonds is 8. The van der Waals surface area contributed by atoms with E-state index in [1.165, 1.54) is 77.6 Å². The molecule has 0 aliphatic heterocycles. The van der Waals surface area contributed by atoms with Crippen molar-refractivity contribution in [1.29, 1.82) is 0 Å². The summed E-state index contributed by atoms with van der Waals surface area (Å²) in [7, 11) is 0. The molecule has 1 aromatic heterocycles. The number of hydrogen-bond acceptors (Lipinski definition) is 1. The van der Waals surface area contributed by atoms with Crippen molar-refractivity contribution < 1.29 is 0 Å². The molecule has 0 N–H and O–H groups in total. The van der Waals surface area contributed by atoms with Gasteiger partial charge in [-0.25, -0.2) is 0 Å². The number of anilines is 3. The zero-order valence-electron chi connectivity index (χ0n) is 34.1. The molecule has 0 fully saturated rings. The largest absolute Gasteiger partial charge is 0.313 e. The zero-order valence-corrected chi connectivity index (χ0v) is 34.1. The fourth-order valence-corrected chi connectivity index (χ4v) is 9.57. The predicted molar refractivity (Wildman–Crippen MR) is 257 cm³/mol. The molecular weight excluding hydrogens is 737 g/mol. The fraction of sp³-hybridized carbons (Fsp3) is 0.0508. The van der Waals surface area contributed by atoms with Gasteiger partial charge in [0.1, 0.15) is 0 Å². The maximum atomic E-state index is 2.54. The molecule has 0 radical (unpaired) electrons. The first-order valence-electron chi connectivity index (χ1n) is 21.3. The first-order valence-corrected chi connectivity index (χ1v) is 21.3. The summed E-state index contributed by atoms with van der Waals surface area (Å²) < 4.78 is 2.51. The molecule has 9 aromatic carbocycles. The molecule has 2 unspecified atom stereocenters. The summed E-state index contributed by atoms with van der Waals surface area (Å²) in [5.41, 5.74) is 17.0.